The standard InChI is InChI=1S/C25H28FN9O/c1-15-18(4-5-22(26)20(15)9-27)23-13-34-6-7-35(12-17(34)10-29-23)25(36)19-3-2-16-8-24(30-11-21(16)19)31-14-32-33-28/h4-5,8,11,14,17,19,23,29H,2-3,6-7,10,12-13H2,1H3,(H2,28,30,31,32)/p+1/t17-,19?,23+/m0/s1. The molecule has 2 aliphatic heterocycles. The van der Waals surface area contributed by atoms with Crippen molar-refractivity contribution < 1.29 is 14.2 Å². The van der Waals surface area contributed by atoms with Gasteiger partial charge in [-0.15, -0.1) is 4.98 Å². The van der Waals surface area contributed by atoms with Gasteiger partial charge in [0.15, 0.2) is 0 Å². The Hall–Kier alpha value is -3.75. The number of aromatic nitrogens is 1. The van der Waals surface area contributed by atoms with Crippen molar-refractivity contribution in [1.82, 2.24) is 20.1 Å². The molecular weight excluding hydrogens is 461 g/mol. The molecule has 2 aromatic rings. The number of benzene rings is 1. The lowest BCUT2D eigenvalue weighted by Crippen LogP contribution is -2.63. The van der Waals surface area contributed by atoms with Gasteiger partial charge in [0.05, 0.1) is 11.5 Å². The van der Waals surface area contributed by atoms with Crippen LogP contribution in [0.2, 0.25) is 0 Å². The molecule has 1 aliphatic carbocycles. The van der Waals surface area contributed by atoms with Crippen LogP contribution in [0.3, 0.4) is 0 Å². The van der Waals surface area contributed by atoms with E-state index in [2.05, 4.69) is 30.5 Å². The largest absolute Gasteiger partial charge is 0.339 e. The molecule has 1 unspecified atom stereocenters. The predicted molar refractivity (Wildman–Crippen MR) is 130 cm³/mol. The number of halogens is 1. The van der Waals surface area contributed by atoms with Gasteiger partial charge in [0, 0.05) is 66.8 Å². The summed E-state index contributed by atoms with van der Waals surface area (Å²) in [4.78, 5) is 25.2. The van der Waals surface area contributed by atoms with E-state index in [9.17, 15) is 14.4 Å². The molecule has 0 radical (unpaired) electrons. The third kappa shape index (κ3) is 4.45. The van der Waals surface area contributed by atoms with Gasteiger partial charge in [0.1, 0.15) is 18.1 Å². The molecule has 4 N–H and O–H groups in total. The van der Waals surface area contributed by atoms with E-state index in [-0.39, 0.29) is 29.5 Å². The maximum Gasteiger partial charge on any atom is 0.260 e. The molecule has 1 aromatic carbocycles. The van der Waals surface area contributed by atoms with E-state index < -0.39 is 5.82 Å². The SMILES string of the molecule is Cc1c([C@H]2CN3CCN(C(=O)C4CCc5cc([NH+]=CN=NN)ncc54)C[C@@H]3CN2)ccc(F)c1C#N. The maximum absolute atomic E-state index is 14.0. The zero-order valence-electron chi connectivity index (χ0n) is 20.1. The number of aryl methyl sites for hydroxylation is 1. The molecule has 36 heavy (non-hydrogen) atoms. The summed E-state index contributed by atoms with van der Waals surface area (Å²) in [6.07, 6.45) is 4.76. The van der Waals surface area contributed by atoms with Crippen molar-refractivity contribution in [3.63, 3.8) is 0 Å². The molecule has 10 nitrogen and oxygen atoms in total. The van der Waals surface area contributed by atoms with Crippen molar-refractivity contribution in [2.75, 3.05) is 32.7 Å². The molecule has 2 saturated heterocycles. The Bertz CT molecular complexity index is 1270. The van der Waals surface area contributed by atoms with Crippen LogP contribution in [-0.2, 0) is 11.2 Å². The van der Waals surface area contributed by atoms with Crippen molar-refractivity contribution in [2.45, 2.75) is 37.8 Å². The van der Waals surface area contributed by atoms with Crippen molar-refractivity contribution in [3.8, 4) is 6.07 Å². The number of carbonyl (C=O) groups excluding carboxylic acids is 1. The highest BCUT2D eigenvalue weighted by molar-refractivity contribution is 5.85. The number of nitriles is 1. The first-order valence-corrected chi connectivity index (χ1v) is 12.1. The van der Waals surface area contributed by atoms with E-state index in [1.807, 2.05) is 17.0 Å². The smallest absolute Gasteiger partial charge is 0.260 e. The Morgan fingerprint density at radius 3 is 3.03 bits per heavy atom. The monoisotopic (exact) mass is 490 g/mol. The van der Waals surface area contributed by atoms with Crippen LogP contribution in [-0.4, -0.2) is 65.8 Å². The molecule has 3 heterocycles. The first-order valence-electron chi connectivity index (χ1n) is 12.1. The number of piperazine rings is 2. The molecule has 3 atom stereocenters. The molecular formula is C25H29FN9O+. The minimum Gasteiger partial charge on any atom is -0.339 e. The van der Waals surface area contributed by atoms with E-state index in [1.54, 1.807) is 19.2 Å². The van der Waals surface area contributed by atoms with Crippen LogP contribution in [0.25, 0.3) is 0 Å². The normalized spacial score (nSPS) is 24.1. The van der Waals surface area contributed by atoms with Gasteiger partial charge >= 0.3 is 0 Å². The lowest BCUT2D eigenvalue weighted by Gasteiger charge is -2.47. The quantitative estimate of drug-likeness (QED) is 0.186. The van der Waals surface area contributed by atoms with Gasteiger partial charge in [-0.2, -0.15) is 5.26 Å². The van der Waals surface area contributed by atoms with Crippen LogP contribution in [0.4, 0.5) is 10.2 Å². The third-order valence-electron chi connectivity index (χ3n) is 7.61. The third-order valence-corrected chi connectivity index (χ3v) is 7.61. The molecule has 2 fully saturated rings. The summed E-state index contributed by atoms with van der Waals surface area (Å²) in [6.45, 7) is 5.41. The lowest BCUT2D eigenvalue weighted by atomic mass is 9.93. The van der Waals surface area contributed by atoms with Gasteiger partial charge in [-0.3, -0.25) is 15.5 Å². The predicted octanol–water partition coefficient (Wildman–Crippen LogP) is 0.354. The molecule has 1 amide bonds. The van der Waals surface area contributed by atoms with Crippen molar-refractivity contribution >= 4 is 18.1 Å². The summed E-state index contributed by atoms with van der Waals surface area (Å²) in [5.41, 5.74) is 3.88. The zero-order valence-corrected chi connectivity index (χ0v) is 20.1. The molecule has 0 saturated carbocycles. The van der Waals surface area contributed by atoms with Crippen LogP contribution >= 0.6 is 0 Å². The summed E-state index contributed by atoms with van der Waals surface area (Å²) < 4.78 is 14.0. The number of nitrogens with one attached hydrogen (secondary N) is 2. The van der Waals surface area contributed by atoms with E-state index in [0.29, 0.717) is 24.5 Å². The van der Waals surface area contributed by atoms with Crippen molar-refractivity contribution in [3.05, 3.63) is 58.0 Å². The number of pyridine rings is 1. The van der Waals surface area contributed by atoms with Gasteiger partial charge in [-0.05, 0) is 42.5 Å². The number of hydrogen-bond donors (Lipinski definition) is 3. The van der Waals surface area contributed by atoms with Gasteiger partial charge < -0.3 is 10.2 Å². The Morgan fingerprint density at radius 1 is 1.36 bits per heavy atom. The van der Waals surface area contributed by atoms with Crippen LogP contribution in [0.15, 0.2) is 34.7 Å². The van der Waals surface area contributed by atoms with Gasteiger partial charge in [-0.25, -0.2) is 9.38 Å². The number of amides is 1. The van der Waals surface area contributed by atoms with E-state index in [0.717, 1.165) is 49.2 Å². The minimum atomic E-state index is -0.480. The molecule has 0 bridgehead atoms. The number of nitrogens with two attached hydrogens (primary N) is 1. The number of fused-ring (bicyclic) bond motifs is 2. The first kappa shape index (κ1) is 24.0. The molecule has 1 aromatic heterocycles. The van der Waals surface area contributed by atoms with Gasteiger partial charge in [-0.1, -0.05) is 6.07 Å². The van der Waals surface area contributed by atoms with Crippen LogP contribution in [0.1, 0.15) is 46.2 Å². The van der Waals surface area contributed by atoms with Gasteiger partial charge in [0.25, 0.3) is 12.2 Å². The summed E-state index contributed by atoms with van der Waals surface area (Å²) in [6, 6.07) is 7.32. The van der Waals surface area contributed by atoms with E-state index in [1.165, 1.54) is 12.4 Å². The average Bonchev–Trinajstić information content (AvgIpc) is 3.31. The van der Waals surface area contributed by atoms with Crippen LogP contribution in [0, 0.1) is 24.1 Å². The van der Waals surface area contributed by atoms with Crippen LogP contribution in [0.5, 0.6) is 0 Å². The molecule has 3 aliphatic rings. The number of rotatable bonds is 4. The molecule has 0 spiro atoms. The fraction of sp³-hybridized carbons (Fsp3) is 0.440. The molecule has 186 valence electrons. The number of hydrogen-bond acceptors (Lipinski definition) is 6. The lowest BCUT2D eigenvalue weighted by molar-refractivity contribution is -0.354. The first-order chi connectivity index (χ1) is 17.5. The second kappa shape index (κ2) is 10.1. The Morgan fingerprint density at radius 2 is 2.22 bits per heavy atom. The Balaban J connectivity index is 1.23. The minimum absolute atomic E-state index is 0.0235. The highest BCUT2D eigenvalue weighted by Gasteiger charge is 2.39. The summed E-state index contributed by atoms with van der Waals surface area (Å²) in [5, 5.41) is 19.6. The fourth-order valence-electron chi connectivity index (χ4n) is 5.70. The second-order valence-corrected chi connectivity index (χ2v) is 9.51. The Kier molecular flexibility index (Phi) is 6.71. The fourth-order valence-corrected chi connectivity index (χ4v) is 5.70. The number of nitrogens with zero attached hydrogens (tertiary/aromatic N) is 6. The second-order valence-electron chi connectivity index (χ2n) is 9.51. The molecule has 5 rings (SSSR count). The van der Waals surface area contributed by atoms with Crippen molar-refractivity contribution in [1.29, 1.82) is 5.26 Å². The van der Waals surface area contributed by atoms with Gasteiger partial charge in [0.2, 0.25) is 5.91 Å². The summed E-state index contributed by atoms with van der Waals surface area (Å²) >= 11 is 0. The Labute approximate surface area is 208 Å². The van der Waals surface area contributed by atoms with Crippen LogP contribution < -0.4 is 16.2 Å². The van der Waals surface area contributed by atoms with E-state index in [4.69, 9.17) is 5.84 Å². The summed E-state index contributed by atoms with van der Waals surface area (Å²) in [7, 11) is 0. The van der Waals surface area contributed by atoms with E-state index >= 15 is 0 Å². The van der Waals surface area contributed by atoms with Crippen molar-refractivity contribution in [2.24, 2.45) is 16.2 Å². The topological polar surface area (TPSA) is 137 Å². The highest BCUT2D eigenvalue weighted by Crippen LogP contribution is 2.35. The maximum atomic E-state index is 14.0. The average molecular weight is 491 g/mol. The zero-order chi connectivity index (χ0) is 25.2. The summed E-state index contributed by atoms with van der Waals surface area (Å²) in [5.74, 6) is 5.15. The molecule has 11 heteroatoms. The number of carbonyl (C=O) groups is 1. The highest BCUT2D eigenvalue weighted by atomic mass is 19.1.